The lowest BCUT2D eigenvalue weighted by Crippen LogP contribution is -2.24. The van der Waals surface area contributed by atoms with Crippen molar-refractivity contribution in [2.24, 2.45) is 11.8 Å². The topological polar surface area (TPSA) is 43.4 Å². The van der Waals surface area contributed by atoms with Gasteiger partial charge in [0, 0.05) is 12.3 Å². The summed E-state index contributed by atoms with van der Waals surface area (Å²) >= 11 is 0. The van der Waals surface area contributed by atoms with Gasteiger partial charge >= 0.3 is 5.97 Å². The molecule has 3 nitrogen and oxygen atoms in total. The molecule has 0 saturated heterocycles. The van der Waals surface area contributed by atoms with Crippen LogP contribution in [0.3, 0.4) is 0 Å². The molecule has 0 unspecified atom stereocenters. The van der Waals surface area contributed by atoms with Crippen molar-refractivity contribution in [3.05, 3.63) is 12.2 Å². The molecule has 0 saturated carbocycles. The first kappa shape index (κ1) is 17.9. The van der Waals surface area contributed by atoms with Crippen molar-refractivity contribution in [1.29, 1.82) is 0 Å². The van der Waals surface area contributed by atoms with Gasteiger partial charge in [-0.2, -0.15) is 0 Å². The molecule has 3 heteroatoms. The number of esters is 1. The highest BCUT2D eigenvalue weighted by Crippen LogP contribution is 2.15. The summed E-state index contributed by atoms with van der Waals surface area (Å²) in [6.07, 6.45) is 5.85. The van der Waals surface area contributed by atoms with Crippen LogP contribution in [0.4, 0.5) is 0 Å². The number of hydrogen-bond acceptors (Lipinski definition) is 3. The monoisotopic (exact) mass is 268 g/mol. The van der Waals surface area contributed by atoms with Gasteiger partial charge in [-0.15, -0.1) is 0 Å². The maximum atomic E-state index is 11.6. The number of carbonyl (C=O) groups is 2. The van der Waals surface area contributed by atoms with Gasteiger partial charge in [0.05, 0.1) is 0 Å². The van der Waals surface area contributed by atoms with E-state index in [4.69, 9.17) is 4.74 Å². The Morgan fingerprint density at radius 1 is 1.21 bits per heavy atom. The van der Waals surface area contributed by atoms with Crippen LogP contribution < -0.4 is 0 Å². The average molecular weight is 268 g/mol. The normalized spacial score (nSPS) is 15.3. The van der Waals surface area contributed by atoms with Crippen LogP contribution in [-0.4, -0.2) is 17.4 Å². The van der Waals surface area contributed by atoms with E-state index in [2.05, 4.69) is 19.9 Å². The maximum absolute atomic E-state index is 11.6. The first-order chi connectivity index (χ1) is 8.65. The largest absolute Gasteiger partial charge is 0.460 e. The molecule has 0 aromatic carbocycles. The SMILES string of the molecule is CC[C@@H](C)/C=C/[C@@H](CCC(=O)OC(C)(C)C)C(C)=O. The zero-order chi connectivity index (χ0) is 15.1. The van der Waals surface area contributed by atoms with Gasteiger partial charge in [0.25, 0.3) is 0 Å². The molecule has 0 aliphatic carbocycles. The number of rotatable bonds is 7. The molecule has 0 amide bonds. The molecule has 0 rings (SSSR count). The van der Waals surface area contributed by atoms with Crippen LogP contribution in [0.5, 0.6) is 0 Å². The summed E-state index contributed by atoms with van der Waals surface area (Å²) in [7, 11) is 0. The van der Waals surface area contributed by atoms with Gasteiger partial charge in [0.15, 0.2) is 0 Å². The van der Waals surface area contributed by atoms with E-state index in [1.54, 1.807) is 6.92 Å². The Bertz CT molecular complexity index is 323. The van der Waals surface area contributed by atoms with Gasteiger partial charge in [-0.3, -0.25) is 9.59 Å². The fourth-order valence-corrected chi connectivity index (χ4v) is 1.56. The molecule has 110 valence electrons. The van der Waals surface area contributed by atoms with Crippen molar-refractivity contribution in [3.8, 4) is 0 Å². The molecule has 0 aromatic heterocycles. The first-order valence-electron chi connectivity index (χ1n) is 7.06. The molecule has 0 radical (unpaired) electrons. The van der Waals surface area contributed by atoms with E-state index in [1.807, 2.05) is 26.8 Å². The Hall–Kier alpha value is -1.12. The average Bonchev–Trinajstić information content (AvgIpc) is 2.25. The van der Waals surface area contributed by atoms with E-state index >= 15 is 0 Å². The molecule has 0 fully saturated rings. The van der Waals surface area contributed by atoms with Crippen LogP contribution in [0.2, 0.25) is 0 Å². The summed E-state index contributed by atoms with van der Waals surface area (Å²) < 4.78 is 5.24. The Balaban J connectivity index is 4.34. The van der Waals surface area contributed by atoms with Gasteiger partial charge in [0.2, 0.25) is 0 Å². The predicted octanol–water partition coefficient (Wildman–Crippen LogP) is 3.92. The fourth-order valence-electron chi connectivity index (χ4n) is 1.56. The van der Waals surface area contributed by atoms with Crippen LogP contribution in [-0.2, 0) is 14.3 Å². The molecule has 19 heavy (non-hydrogen) atoms. The zero-order valence-electron chi connectivity index (χ0n) is 13.2. The number of Topliss-reactive ketones (excluding diaryl/α,β-unsaturated/α-hetero) is 1. The molecule has 2 atom stereocenters. The highest BCUT2D eigenvalue weighted by atomic mass is 16.6. The Morgan fingerprint density at radius 3 is 2.21 bits per heavy atom. The van der Waals surface area contributed by atoms with E-state index in [1.165, 1.54) is 0 Å². The number of ketones is 1. The molecular weight excluding hydrogens is 240 g/mol. The van der Waals surface area contributed by atoms with E-state index in [-0.39, 0.29) is 24.1 Å². The standard InChI is InChI=1S/C16H28O3/c1-7-12(2)8-9-14(13(3)17)10-11-15(18)19-16(4,5)6/h8-9,12,14H,7,10-11H2,1-6H3/b9-8+/t12-,14+/m1/s1. The molecule has 0 aliphatic heterocycles. The van der Waals surface area contributed by atoms with E-state index < -0.39 is 5.60 Å². The van der Waals surface area contributed by atoms with Crippen molar-refractivity contribution in [1.82, 2.24) is 0 Å². The van der Waals surface area contributed by atoms with E-state index in [0.29, 0.717) is 12.3 Å². The lowest BCUT2D eigenvalue weighted by molar-refractivity contribution is -0.155. The molecule has 0 spiro atoms. The third kappa shape index (κ3) is 9.46. The molecule has 0 aromatic rings. The van der Waals surface area contributed by atoms with Crippen LogP contribution in [0.15, 0.2) is 12.2 Å². The van der Waals surface area contributed by atoms with Crippen LogP contribution in [0.25, 0.3) is 0 Å². The number of ether oxygens (including phenoxy) is 1. The zero-order valence-corrected chi connectivity index (χ0v) is 13.2. The second-order valence-electron chi connectivity index (χ2n) is 6.11. The van der Waals surface area contributed by atoms with Gasteiger partial charge in [-0.1, -0.05) is 32.4 Å². The minimum atomic E-state index is -0.463. The van der Waals surface area contributed by atoms with Gasteiger partial charge in [-0.05, 0) is 40.0 Å². The minimum absolute atomic E-state index is 0.100. The minimum Gasteiger partial charge on any atom is -0.460 e. The van der Waals surface area contributed by atoms with E-state index in [9.17, 15) is 9.59 Å². The first-order valence-corrected chi connectivity index (χ1v) is 7.06. The van der Waals surface area contributed by atoms with Crippen molar-refractivity contribution >= 4 is 11.8 Å². The van der Waals surface area contributed by atoms with Crippen LogP contribution in [0, 0.1) is 11.8 Å². The molecular formula is C16H28O3. The lowest BCUT2D eigenvalue weighted by Gasteiger charge is -2.20. The highest BCUT2D eigenvalue weighted by Gasteiger charge is 2.18. The summed E-state index contributed by atoms with van der Waals surface area (Å²) in [6, 6.07) is 0. The van der Waals surface area contributed by atoms with Crippen LogP contribution >= 0.6 is 0 Å². The smallest absolute Gasteiger partial charge is 0.306 e. The van der Waals surface area contributed by atoms with Gasteiger partial charge < -0.3 is 4.74 Å². The van der Waals surface area contributed by atoms with Crippen molar-refractivity contribution < 1.29 is 14.3 Å². The highest BCUT2D eigenvalue weighted by molar-refractivity contribution is 5.80. The molecule has 0 aliphatic rings. The number of carbonyl (C=O) groups excluding carboxylic acids is 2. The third-order valence-corrected chi connectivity index (χ3v) is 2.92. The second kappa shape index (κ2) is 8.13. The summed E-state index contributed by atoms with van der Waals surface area (Å²) in [5.74, 6) is 0.142. The quantitative estimate of drug-likeness (QED) is 0.519. The molecule has 0 bridgehead atoms. The fraction of sp³-hybridized carbons (Fsp3) is 0.750. The van der Waals surface area contributed by atoms with E-state index in [0.717, 1.165) is 6.42 Å². The maximum Gasteiger partial charge on any atom is 0.306 e. The predicted molar refractivity (Wildman–Crippen MR) is 77.8 cm³/mol. The second-order valence-corrected chi connectivity index (χ2v) is 6.11. The molecule has 0 heterocycles. The van der Waals surface area contributed by atoms with Crippen LogP contribution in [0.1, 0.15) is 60.8 Å². The van der Waals surface area contributed by atoms with Crippen molar-refractivity contribution in [3.63, 3.8) is 0 Å². The van der Waals surface area contributed by atoms with Crippen molar-refractivity contribution in [2.75, 3.05) is 0 Å². The Kier molecular flexibility index (Phi) is 7.65. The number of allylic oxidation sites excluding steroid dienone is 2. The summed E-state index contributed by atoms with van der Waals surface area (Å²) in [6.45, 7) is 11.3. The summed E-state index contributed by atoms with van der Waals surface area (Å²) in [5, 5.41) is 0. The van der Waals surface area contributed by atoms with Gasteiger partial charge in [0.1, 0.15) is 11.4 Å². The third-order valence-electron chi connectivity index (χ3n) is 2.92. The summed E-state index contributed by atoms with van der Waals surface area (Å²) in [4.78, 5) is 23.2. The Labute approximate surface area is 117 Å². The van der Waals surface area contributed by atoms with Crippen molar-refractivity contribution in [2.45, 2.75) is 66.4 Å². The summed E-state index contributed by atoms with van der Waals surface area (Å²) in [5.41, 5.74) is -0.463. The Morgan fingerprint density at radius 2 is 1.79 bits per heavy atom. The van der Waals surface area contributed by atoms with Gasteiger partial charge in [-0.25, -0.2) is 0 Å². The lowest BCUT2D eigenvalue weighted by atomic mass is 9.96. The number of hydrogen-bond donors (Lipinski definition) is 0. The molecule has 0 N–H and O–H groups in total.